The number of hydrogen-bond acceptors (Lipinski definition) is 4. The van der Waals surface area contributed by atoms with Gasteiger partial charge in [-0.05, 0) is 48.9 Å². The fourth-order valence-electron chi connectivity index (χ4n) is 3.46. The Balaban J connectivity index is 1.35. The summed E-state index contributed by atoms with van der Waals surface area (Å²) in [5.41, 5.74) is 3.91. The number of carbonyl (C=O) groups is 1. The molecule has 5 nitrogen and oxygen atoms in total. The summed E-state index contributed by atoms with van der Waals surface area (Å²) in [6, 6.07) is 21.7. The molecule has 2 heterocycles. The van der Waals surface area contributed by atoms with Crippen LogP contribution in [0.2, 0.25) is 0 Å². The van der Waals surface area contributed by atoms with Crippen molar-refractivity contribution in [1.82, 2.24) is 4.98 Å². The van der Waals surface area contributed by atoms with Crippen LogP contribution in [0.15, 0.2) is 72.9 Å². The highest BCUT2D eigenvalue weighted by atomic mass is 16.1. The molecule has 0 bridgehead atoms. The molecule has 1 saturated heterocycles. The van der Waals surface area contributed by atoms with Crippen LogP contribution in [-0.2, 0) is 0 Å². The maximum atomic E-state index is 12.2. The van der Waals surface area contributed by atoms with Gasteiger partial charge in [0, 0.05) is 37.4 Å². The van der Waals surface area contributed by atoms with E-state index in [1.807, 2.05) is 30.3 Å². The molecular formula is C23H24N4O. The number of piperazine rings is 1. The quantitative estimate of drug-likeness (QED) is 0.753. The molecule has 1 aromatic heterocycles. The minimum Gasteiger partial charge on any atom is -0.368 e. The first-order chi connectivity index (χ1) is 13.7. The average molecular weight is 372 g/mol. The van der Waals surface area contributed by atoms with Gasteiger partial charge in [0.15, 0.2) is 0 Å². The van der Waals surface area contributed by atoms with E-state index >= 15 is 0 Å². The van der Waals surface area contributed by atoms with E-state index in [4.69, 9.17) is 0 Å². The fourth-order valence-corrected chi connectivity index (χ4v) is 3.46. The summed E-state index contributed by atoms with van der Waals surface area (Å²) >= 11 is 0. The van der Waals surface area contributed by atoms with Gasteiger partial charge in [0.25, 0.3) is 5.91 Å². The van der Waals surface area contributed by atoms with Crippen LogP contribution in [0, 0.1) is 6.92 Å². The number of nitrogens with zero attached hydrogens (tertiary/aromatic N) is 3. The molecule has 0 unspecified atom stereocenters. The Morgan fingerprint density at radius 1 is 0.893 bits per heavy atom. The molecule has 1 amide bonds. The molecule has 142 valence electrons. The Hall–Kier alpha value is -3.34. The summed E-state index contributed by atoms with van der Waals surface area (Å²) in [6.45, 7) is 5.92. The number of carbonyl (C=O) groups excluding carboxylic acids is 1. The lowest BCUT2D eigenvalue weighted by Crippen LogP contribution is -2.46. The van der Waals surface area contributed by atoms with Gasteiger partial charge in [-0.2, -0.15) is 0 Å². The van der Waals surface area contributed by atoms with Crippen LogP contribution in [0.5, 0.6) is 0 Å². The van der Waals surface area contributed by atoms with Crippen molar-refractivity contribution >= 4 is 23.1 Å². The van der Waals surface area contributed by atoms with E-state index in [-0.39, 0.29) is 5.91 Å². The van der Waals surface area contributed by atoms with Gasteiger partial charge in [-0.1, -0.05) is 30.3 Å². The number of aryl methyl sites for hydroxylation is 1. The van der Waals surface area contributed by atoms with Gasteiger partial charge in [0.1, 0.15) is 5.82 Å². The topological polar surface area (TPSA) is 48.5 Å². The molecule has 0 spiro atoms. The summed E-state index contributed by atoms with van der Waals surface area (Å²) in [5, 5.41) is 2.89. The highest BCUT2D eigenvalue weighted by Crippen LogP contribution is 2.21. The summed E-state index contributed by atoms with van der Waals surface area (Å²) in [6.07, 6.45) is 1.73. The van der Waals surface area contributed by atoms with Crippen molar-refractivity contribution < 1.29 is 4.79 Å². The minimum atomic E-state index is -0.123. The highest BCUT2D eigenvalue weighted by Gasteiger charge is 2.18. The second-order valence-electron chi connectivity index (χ2n) is 7.04. The second-order valence-corrected chi connectivity index (χ2v) is 7.04. The molecule has 1 fully saturated rings. The standard InChI is InChI=1S/C23H24N4O/c1-18-6-5-9-21(16-18)26-12-14-27(15-13-26)22-11-10-20(17-24-22)25-23(28)19-7-3-2-4-8-19/h2-11,16-17H,12-15H2,1H3,(H,25,28). The normalized spacial score (nSPS) is 14.0. The monoisotopic (exact) mass is 372 g/mol. The van der Waals surface area contributed by atoms with Crippen LogP contribution < -0.4 is 15.1 Å². The molecule has 1 aliphatic heterocycles. The summed E-state index contributed by atoms with van der Waals surface area (Å²) < 4.78 is 0. The zero-order valence-electron chi connectivity index (χ0n) is 16.0. The van der Waals surface area contributed by atoms with Gasteiger partial charge in [0.05, 0.1) is 11.9 Å². The van der Waals surface area contributed by atoms with Crippen LogP contribution in [0.4, 0.5) is 17.2 Å². The SMILES string of the molecule is Cc1cccc(N2CCN(c3ccc(NC(=O)c4ccccc4)cn3)CC2)c1. The van der Waals surface area contributed by atoms with Crippen molar-refractivity contribution in [3.8, 4) is 0 Å². The number of nitrogens with one attached hydrogen (secondary N) is 1. The van der Waals surface area contributed by atoms with Crippen molar-refractivity contribution in [2.75, 3.05) is 41.3 Å². The van der Waals surface area contributed by atoms with Crippen LogP contribution in [0.1, 0.15) is 15.9 Å². The maximum Gasteiger partial charge on any atom is 0.255 e. The molecule has 1 aliphatic rings. The predicted octanol–water partition coefficient (Wildman–Crippen LogP) is 3.97. The molecule has 3 aromatic rings. The molecule has 0 atom stereocenters. The Morgan fingerprint density at radius 2 is 1.64 bits per heavy atom. The number of benzene rings is 2. The van der Waals surface area contributed by atoms with Crippen LogP contribution in [0.3, 0.4) is 0 Å². The van der Waals surface area contributed by atoms with Crippen molar-refractivity contribution in [1.29, 1.82) is 0 Å². The van der Waals surface area contributed by atoms with Gasteiger partial charge >= 0.3 is 0 Å². The van der Waals surface area contributed by atoms with Crippen molar-refractivity contribution in [2.24, 2.45) is 0 Å². The number of amides is 1. The maximum absolute atomic E-state index is 12.2. The second kappa shape index (κ2) is 8.13. The molecule has 0 aliphatic carbocycles. The third-order valence-electron chi connectivity index (χ3n) is 5.01. The molecule has 1 N–H and O–H groups in total. The first kappa shape index (κ1) is 18.0. The molecule has 0 radical (unpaired) electrons. The first-order valence-corrected chi connectivity index (χ1v) is 9.58. The minimum absolute atomic E-state index is 0.123. The average Bonchev–Trinajstić information content (AvgIpc) is 2.75. The lowest BCUT2D eigenvalue weighted by molar-refractivity contribution is 0.102. The lowest BCUT2D eigenvalue weighted by atomic mass is 10.2. The van der Waals surface area contributed by atoms with Crippen molar-refractivity contribution in [3.05, 3.63) is 84.1 Å². The molecule has 2 aromatic carbocycles. The molecule has 5 heteroatoms. The van der Waals surface area contributed by atoms with Gasteiger partial charge in [0.2, 0.25) is 0 Å². The first-order valence-electron chi connectivity index (χ1n) is 9.58. The molecule has 4 rings (SSSR count). The smallest absolute Gasteiger partial charge is 0.255 e. The van der Waals surface area contributed by atoms with Gasteiger partial charge in [-0.25, -0.2) is 4.98 Å². The van der Waals surface area contributed by atoms with Crippen molar-refractivity contribution in [2.45, 2.75) is 6.92 Å². The Morgan fingerprint density at radius 3 is 2.32 bits per heavy atom. The highest BCUT2D eigenvalue weighted by molar-refractivity contribution is 6.04. The van der Waals surface area contributed by atoms with E-state index in [9.17, 15) is 4.79 Å². The summed E-state index contributed by atoms with van der Waals surface area (Å²) in [7, 11) is 0. The van der Waals surface area contributed by atoms with E-state index in [1.54, 1.807) is 18.3 Å². The van der Waals surface area contributed by atoms with Crippen LogP contribution in [-0.4, -0.2) is 37.1 Å². The number of aromatic nitrogens is 1. The van der Waals surface area contributed by atoms with Crippen molar-refractivity contribution in [3.63, 3.8) is 0 Å². The Labute approximate surface area is 165 Å². The third-order valence-corrected chi connectivity index (χ3v) is 5.01. The van der Waals surface area contributed by atoms with Gasteiger partial charge < -0.3 is 15.1 Å². The summed E-state index contributed by atoms with van der Waals surface area (Å²) in [5.74, 6) is 0.823. The zero-order chi connectivity index (χ0) is 19.3. The van der Waals surface area contributed by atoms with E-state index < -0.39 is 0 Å². The predicted molar refractivity (Wildman–Crippen MR) is 114 cm³/mol. The lowest BCUT2D eigenvalue weighted by Gasteiger charge is -2.36. The van der Waals surface area contributed by atoms with Gasteiger partial charge in [-0.3, -0.25) is 4.79 Å². The molecule has 0 saturated carbocycles. The largest absolute Gasteiger partial charge is 0.368 e. The number of anilines is 3. The zero-order valence-corrected chi connectivity index (χ0v) is 16.0. The van der Waals surface area contributed by atoms with E-state index in [1.165, 1.54) is 11.3 Å². The molecular weight excluding hydrogens is 348 g/mol. The third kappa shape index (κ3) is 4.14. The molecule has 28 heavy (non-hydrogen) atoms. The number of rotatable bonds is 4. The number of pyridine rings is 1. The van der Waals surface area contributed by atoms with Gasteiger partial charge in [-0.15, -0.1) is 0 Å². The van der Waals surface area contributed by atoms with E-state index in [0.717, 1.165) is 32.0 Å². The number of hydrogen-bond donors (Lipinski definition) is 1. The Bertz CT molecular complexity index is 932. The fraction of sp³-hybridized carbons (Fsp3) is 0.217. The van der Waals surface area contributed by atoms with Crippen LogP contribution >= 0.6 is 0 Å². The van der Waals surface area contributed by atoms with Crippen LogP contribution in [0.25, 0.3) is 0 Å². The Kier molecular flexibility index (Phi) is 5.24. The van der Waals surface area contributed by atoms with E-state index in [2.05, 4.69) is 51.3 Å². The van der Waals surface area contributed by atoms with E-state index in [0.29, 0.717) is 11.3 Å². The summed E-state index contributed by atoms with van der Waals surface area (Å²) in [4.78, 5) is 21.5.